The molecule has 0 aliphatic carbocycles. The lowest BCUT2D eigenvalue weighted by Gasteiger charge is -2.25. The monoisotopic (exact) mass is 668 g/mol. The molecule has 7 nitrogen and oxygen atoms in total. The minimum absolute atomic E-state index is 0.256. The Morgan fingerprint density at radius 2 is 1.82 bits per heavy atom. The molecule has 0 amide bonds. The average molecular weight is 670 g/mol. The van der Waals surface area contributed by atoms with Gasteiger partial charge in [0.1, 0.15) is 6.61 Å². The molecule has 1 aliphatic rings. The highest BCUT2D eigenvalue weighted by molar-refractivity contribution is 7.98. The lowest BCUT2D eigenvalue weighted by Crippen LogP contribution is -2.40. The van der Waals surface area contributed by atoms with Crippen LogP contribution in [0.2, 0.25) is 10.0 Å². The Morgan fingerprint density at radius 3 is 2.48 bits per heavy atom. The van der Waals surface area contributed by atoms with Crippen molar-refractivity contribution in [1.29, 1.82) is 0 Å². The zero-order valence-electron chi connectivity index (χ0n) is 24.7. The zero-order valence-corrected chi connectivity index (χ0v) is 27.9. The van der Waals surface area contributed by atoms with Crippen LogP contribution < -0.4 is 24.4 Å². The predicted molar refractivity (Wildman–Crippen MR) is 177 cm³/mol. The maximum absolute atomic E-state index is 14.0. The Hall–Kier alpha value is -3.50. The van der Waals surface area contributed by atoms with Crippen molar-refractivity contribution in [2.24, 2.45) is 4.99 Å². The minimum Gasteiger partial charge on any atom is -0.493 e. The summed E-state index contributed by atoms with van der Waals surface area (Å²) in [6.07, 6.45) is 3.46. The molecule has 11 heteroatoms. The molecule has 1 aromatic heterocycles. The molecule has 2 heterocycles. The first kappa shape index (κ1) is 31.9. The van der Waals surface area contributed by atoms with Gasteiger partial charge in [-0.25, -0.2) is 9.79 Å². The third-order valence-electron chi connectivity index (χ3n) is 6.88. The highest BCUT2D eigenvalue weighted by Crippen LogP contribution is 2.33. The number of hydrogen-bond donors (Lipinski definition) is 0. The number of methoxy groups -OCH3 is 1. The van der Waals surface area contributed by atoms with Crippen molar-refractivity contribution in [3.8, 4) is 11.5 Å². The van der Waals surface area contributed by atoms with Gasteiger partial charge in [-0.2, -0.15) is 0 Å². The first-order chi connectivity index (χ1) is 21.1. The molecule has 1 aliphatic heterocycles. The van der Waals surface area contributed by atoms with E-state index >= 15 is 0 Å². The molecule has 0 saturated heterocycles. The number of fused-ring (bicyclic) bond motifs is 1. The van der Waals surface area contributed by atoms with E-state index in [1.165, 1.54) is 11.3 Å². The van der Waals surface area contributed by atoms with E-state index in [2.05, 4.69) is 4.99 Å². The standard InChI is InChI=1S/C33H30Cl2N2O5S2/c1-18(2)42-32(39)29-19(3)36-33-37(30(29)22-8-10-23(43-5)11-9-22)31(38)28(44-33)16-20-7-13-26(27(15-20)40-4)41-17-21-6-12-24(34)25(35)14-21/h6-16,18,30H,17H2,1-5H3/b28-16-/t30-/m0/s1. The number of thiazole rings is 1. The fourth-order valence-electron chi connectivity index (χ4n) is 4.80. The van der Waals surface area contributed by atoms with E-state index in [0.29, 0.717) is 42.1 Å². The Balaban J connectivity index is 1.53. The topological polar surface area (TPSA) is 79.1 Å². The van der Waals surface area contributed by atoms with Crippen LogP contribution in [0.5, 0.6) is 11.5 Å². The number of carbonyl (C=O) groups is 1. The first-order valence-electron chi connectivity index (χ1n) is 13.7. The number of halogens is 2. The summed E-state index contributed by atoms with van der Waals surface area (Å²) < 4.78 is 19.2. The maximum atomic E-state index is 14.0. The van der Waals surface area contributed by atoms with E-state index in [1.54, 1.807) is 74.6 Å². The van der Waals surface area contributed by atoms with E-state index in [0.717, 1.165) is 21.6 Å². The minimum atomic E-state index is -0.678. The van der Waals surface area contributed by atoms with Crippen LogP contribution in [-0.2, 0) is 16.1 Å². The van der Waals surface area contributed by atoms with Crippen molar-refractivity contribution in [2.45, 2.75) is 44.4 Å². The van der Waals surface area contributed by atoms with Crippen LogP contribution in [-0.4, -0.2) is 30.0 Å². The van der Waals surface area contributed by atoms with E-state index in [4.69, 9.17) is 37.4 Å². The number of thioether (sulfide) groups is 1. The molecule has 44 heavy (non-hydrogen) atoms. The van der Waals surface area contributed by atoms with Gasteiger partial charge in [0.05, 0.1) is 45.1 Å². The molecule has 0 unspecified atom stereocenters. The number of esters is 1. The fourth-order valence-corrected chi connectivity index (χ4v) is 6.57. The van der Waals surface area contributed by atoms with Gasteiger partial charge in [0.2, 0.25) is 0 Å². The van der Waals surface area contributed by atoms with Crippen molar-refractivity contribution in [1.82, 2.24) is 4.57 Å². The molecule has 5 rings (SSSR count). The summed E-state index contributed by atoms with van der Waals surface area (Å²) in [5, 5.41) is 0.930. The van der Waals surface area contributed by atoms with Crippen molar-refractivity contribution >= 4 is 58.3 Å². The second kappa shape index (κ2) is 13.6. The van der Waals surface area contributed by atoms with E-state index in [9.17, 15) is 9.59 Å². The van der Waals surface area contributed by atoms with Crippen molar-refractivity contribution < 1.29 is 19.0 Å². The molecular weight excluding hydrogens is 639 g/mol. The van der Waals surface area contributed by atoms with Gasteiger partial charge in [-0.05, 0) is 86.2 Å². The van der Waals surface area contributed by atoms with Crippen LogP contribution in [0.4, 0.5) is 0 Å². The van der Waals surface area contributed by atoms with Gasteiger partial charge in [0, 0.05) is 4.90 Å². The van der Waals surface area contributed by atoms with Crippen LogP contribution >= 0.6 is 46.3 Å². The SMILES string of the molecule is COc1cc(/C=c2\sc3n(c2=O)[C@@H](c2ccc(SC)cc2)C(C(=O)OC(C)C)=C(C)N=3)ccc1OCc1ccc(Cl)c(Cl)c1. The molecule has 0 saturated carbocycles. The summed E-state index contributed by atoms with van der Waals surface area (Å²) in [4.78, 5) is 33.6. The highest BCUT2D eigenvalue weighted by atomic mass is 35.5. The van der Waals surface area contributed by atoms with E-state index in [1.807, 2.05) is 42.7 Å². The van der Waals surface area contributed by atoms with Gasteiger partial charge in [-0.1, -0.05) is 58.8 Å². The van der Waals surface area contributed by atoms with Crippen LogP contribution in [0.25, 0.3) is 6.08 Å². The van der Waals surface area contributed by atoms with Crippen LogP contribution in [0.3, 0.4) is 0 Å². The van der Waals surface area contributed by atoms with E-state index < -0.39 is 12.0 Å². The number of rotatable bonds is 9. The molecule has 228 valence electrons. The number of benzene rings is 3. The van der Waals surface area contributed by atoms with Crippen molar-refractivity contribution in [2.75, 3.05) is 13.4 Å². The Morgan fingerprint density at radius 1 is 1.07 bits per heavy atom. The molecule has 4 aromatic rings. The Bertz CT molecular complexity index is 1930. The molecule has 0 N–H and O–H groups in total. The normalized spacial score (nSPS) is 14.8. The molecular formula is C33H30Cl2N2O5S2. The second-order valence-corrected chi connectivity index (χ2v) is 13.0. The summed E-state index contributed by atoms with van der Waals surface area (Å²) in [7, 11) is 1.56. The largest absolute Gasteiger partial charge is 0.493 e. The van der Waals surface area contributed by atoms with Gasteiger partial charge in [0.15, 0.2) is 16.3 Å². The number of nitrogens with zero attached hydrogens (tertiary/aromatic N) is 2. The smallest absolute Gasteiger partial charge is 0.338 e. The van der Waals surface area contributed by atoms with Gasteiger partial charge in [-0.15, -0.1) is 11.8 Å². The molecule has 0 fully saturated rings. The Kier molecular flexibility index (Phi) is 9.90. The summed E-state index contributed by atoms with van der Waals surface area (Å²) in [5.41, 5.74) is 3.01. The van der Waals surface area contributed by atoms with Crippen molar-refractivity contribution in [3.63, 3.8) is 0 Å². The number of aromatic nitrogens is 1. The number of carbonyl (C=O) groups excluding carboxylic acids is 1. The van der Waals surface area contributed by atoms with Gasteiger partial charge < -0.3 is 14.2 Å². The van der Waals surface area contributed by atoms with Gasteiger partial charge in [0.25, 0.3) is 5.56 Å². The van der Waals surface area contributed by atoms with Gasteiger partial charge >= 0.3 is 5.97 Å². The number of hydrogen-bond acceptors (Lipinski definition) is 8. The number of ether oxygens (including phenoxy) is 3. The molecule has 1 atom stereocenters. The third-order valence-corrected chi connectivity index (χ3v) is 9.35. The lowest BCUT2D eigenvalue weighted by atomic mass is 9.96. The first-order valence-corrected chi connectivity index (χ1v) is 16.5. The van der Waals surface area contributed by atoms with Crippen LogP contribution in [0, 0.1) is 0 Å². The Labute approximate surface area is 273 Å². The third kappa shape index (κ3) is 6.76. The van der Waals surface area contributed by atoms with Crippen LogP contribution in [0.1, 0.15) is 43.5 Å². The van der Waals surface area contributed by atoms with Gasteiger partial charge in [-0.3, -0.25) is 9.36 Å². The van der Waals surface area contributed by atoms with Crippen molar-refractivity contribution in [3.05, 3.63) is 118 Å². The molecule has 3 aromatic carbocycles. The number of allylic oxidation sites excluding steroid dienone is 1. The molecule has 0 bridgehead atoms. The second-order valence-electron chi connectivity index (χ2n) is 10.3. The van der Waals surface area contributed by atoms with E-state index in [-0.39, 0.29) is 18.3 Å². The zero-order chi connectivity index (χ0) is 31.5. The predicted octanol–water partition coefficient (Wildman–Crippen LogP) is 6.80. The summed E-state index contributed by atoms with van der Waals surface area (Å²) in [6, 6.07) is 17.9. The maximum Gasteiger partial charge on any atom is 0.338 e. The summed E-state index contributed by atoms with van der Waals surface area (Å²) in [5.74, 6) is 0.554. The molecule has 0 radical (unpaired) electrons. The average Bonchev–Trinajstić information content (AvgIpc) is 3.30. The lowest BCUT2D eigenvalue weighted by molar-refractivity contribution is -0.143. The highest BCUT2D eigenvalue weighted by Gasteiger charge is 2.33. The van der Waals surface area contributed by atoms with Crippen LogP contribution in [0.15, 0.2) is 86.6 Å². The summed E-state index contributed by atoms with van der Waals surface area (Å²) in [6.45, 7) is 5.63. The summed E-state index contributed by atoms with van der Waals surface area (Å²) >= 11 is 15.0. The molecule has 0 spiro atoms. The fraction of sp³-hybridized carbons (Fsp3) is 0.242. The quantitative estimate of drug-likeness (QED) is 0.144.